The summed E-state index contributed by atoms with van der Waals surface area (Å²) in [5, 5.41) is 3.13. The molecule has 1 N–H and O–H groups in total. The van der Waals surface area contributed by atoms with Crippen molar-refractivity contribution in [2.45, 2.75) is 70.8 Å². The molecule has 2 aliphatic rings. The summed E-state index contributed by atoms with van der Waals surface area (Å²) in [5.74, 6) is 2.03. The number of carbonyl (C=O) groups excluding carboxylic acids is 2. The number of nitrogens with one attached hydrogen (secondary N) is 1. The van der Waals surface area contributed by atoms with E-state index >= 15 is 0 Å². The molecule has 34 heavy (non-hydrogen) atoms. The van der Waals surface area contributed by atoms with Gasteiger partial charge in [0.15, 0.2) is 11.5 Å². The molecule has 0 aromatic heterocycles. The number of ether oxygens (including phenoxy) is 2. The van der Waals surface area contributed by atoms with Gasteiger partial charge in [-0.25, -0.2) is 0 Å². The third-order valence-electron chi connectivity index (χ3n) is 7.39. The summed E-state index contributed by atoms with van der Waals surface area (Å²) in [5.41, 5.74) is 1.11. The van der Waals surface area contributed by atoms with Gasteiger partial charge in [0, 0.05) is 38.0 Å². The van der Waals surface area contributed by atoms with Crippen molar-refractivity contribution in [3.05, 3.63) is 23.8 Å². The molecule has 1 aromatic carbocycles. The summed E-state index contributed by atoms with van der Waals surface area (Å²) in [6.45, 7) is 6.51. The molecule has 190 valence electrons. The first kappa shape index (κ1) is 26.3. The van der Waals surface area contributed by atoms with E-state index in [1.165, 1.54) is 0 Å². The molecule has 2 saturated heterocycles. The molecule has 0 aliphatic carbocycles. The van der Waals surface area contributed by atoms with Crippen LogP contribution in [-0.4, -0.2) is 74.6 Å². The number of rotatable bonds is 11. The number of benzene rings is 1. The van der Waals surface area contributed by atoms with Gasteiger partial charge in [0.1, 0.15) is 0 Å². The first-order valence-corrected chi connectivity index (χ1v) is 13.1. The van der Waals surface area contributed by atoms with E-state index in [0.717, 1.165) is 83.1 Å². The number of nitrogens with zero attached hydrogens (tertiary/aromatic N) is 2. The highest BCUT2D eigenvalue weighted by molar-refractivity contribution is 5.78. The quantitative estimate of drug-likeness (QED) is 0.497. The van der Waals surface area contributed by atoms with Gasteiger partial charge in [-0.1, -0.05) is 25.8 Å². The summed E-state index contributed by atoms with van der Waals surface area (Å²) >= 11 is 0. The standard InChI is InChI=1S/C27H43N3O4/c1-4-5-6-7-26(31)30-18-13-23(14-19-30)29-16-11-22(12-17-29)27(32)28-15-10-21-8-9-24(33-2)25(20-21)34-3/h8-9,20,22-23H,4-7,10-19H2,1-3H3,(H,28,32). The molecule has 1 aromatic rings. The Bertz CT molecular complexity index is 784. The smallest absolute Gasteiger partial charge is 0.223 e. The SMILES string of the molecule is CCCCCC(=O)N1CCC(N2CCC(C(=O)NCCc3ccc(OC)c(OC)c3)CC2)CC1. The summed E-state index contributed by atoms with van der Waals surface area (Å²) in [4.78, 5) is 29.7. The molecule has 7 nitrogen and oxygen atoms in total. The maximum atomic E-state index is 12.7. The summed E-state index contributed by atoms with van der Waals surface area (Å²) in [6, 6.07) is 6.43. The van der Waals surface area contributed by atoms with Gasteiger partial charge < -0.3 is 24.6 Å². The van der Waals surface area contributed by atoms with E-state index in [4.69, 9.17) is 9.47 Å². The lowest BCUT2D eigenvalue weighted by atomic mass is 9.92. The van der Waals surface area contributed by atoms with Crippen LogP contribution in [0.2, 0.25) is 0 Å². The van der Waals surface area contributed by atoms with Gasteiger partial charge in [-0.05, 0) is 69.3 Å². The molecular formula is C27H43N3O4. The average Bonchev–Trinajstić information content (AvgIpc) is 2.88. The zero-order chi connectivity index (χ0) is 24.3. The van der Waals surface area contributed by atoms with Crippen LogP contribution >= 0.6 is 0 Å². The zero-order valence-corrected chi connectivity index (χ0v) is 21.3. The van der Waals surface area contributed by atoms with Gasteiger partial charge in [-0.15, -0.1) is 0 Å². The van der Waals surface area contributed by atoms with E-state index in [-0.39, 0.29) is 11.8 Å². The maximum Gasteiger partial charge on any atom is 0.223 e. The minimum atomic E-state index is 0.0990. The summed E-state index contributed by atoms with van der Waals surface area (Å²) in [7, 11) is 3.26. The maximum absolute atomic E-state index is 12.7. The van der Waals surface area contributed by atoms with Gasteiger partial charge in [0.25, 0.3) is 0 Å². The highest BCUT2D eigenvalue weighted by Crippen LogP contribution is 2.28. The van der Waals surface area contributed by atoms with Crippen molar-refractivity contribution in [2.75, 3.05) is 46.9 Å². The molecule has 2 fully saturated rings. The fraction of sp³-hybridized carbons (Fsp3) is 0.704. The molecule has 3 rings (SSSR count). The Morgan fingerprint density at radius 1 is 0.971 bits per heavy atom. The van der Waals surface area contributed by atoms with Crippen molar-refractivity contribution in [3.8, 4) is 11.5 Å². The lowest BCUT2D eigenvalue weighted by Crippen LogP contribution is -2.50. The molecule has 0 radical (unpaired) electrons. The summed E-state index contributed by atoms with van der Waals surface area (Å²) < 4.78 is 10.6. The van der Waals surface area contributed by atoms with Crippen molar-refractivity contribution < 1.29 is 19.1 Å². The molecule has 0 bridgehead atoms. The van der Waals surface area contributed by atoms with Gasteiger partial charge >= 0.3 is 0 Å². The predicted octanol–water partition coefficient (Wildman–Crippen LogP) is 3.65. The van der Waals surface area contributed by atoms with E-state index in [2.05, 4.69) is 22.0 Å². The van der Waals surface area contributed by atoms with Crippen molar-refractivity contribution >= 4 is 11.8 Å². The van der Waals surface area contributed by atoms with Crippen LogP contribution in [0.4, 0.5) is 0 Å². The number of methoxy groups -OCH3 is 2. The minimum Gasteiger partial charge on any atom is -0.493 e. The fourth-order valence-corrected chi connectivity index (χ4v) is 5.20. The number of hydrogen-bond acceptors (Lipinski definition) is 5. The second-order valence-electron chi connectivity index (χ2n) is 9.61. The third-order valence-corrected chi connectivity index (χ3v) is 7.39. The van der Waals surface area contributed by atoms with Crippen molar-refractivity contribution in [2.24, 2.45) is 5.92 Å². The van der Waals surface area contributed by atoms with E-state index in [1.54, 1.807) is 14.2 Å². The van der Waals surface area contributed by atoms with Gasteiger partial charge in [0.2, 0.25) is 11.8 Å². The Hall–Kier alpha value is -2.28. The van der Waals surface area contributed by atoms with E-state index in [9.17, 15) is 9.59 Å². The highest BCUT2D eigenvalue weighted by Gasteiger charge is 2.31. The van der Waals surface area contributed by atoms with Crippen LogP contribution in [-0.2, 0) is 16.0 Å². The van der Waals surface area contributed by atoms with Crippen molar-refractivity contribution in [3.63, 3.8) is 0 Å². The predicted molar refractivity (Wildman–Crippen MR) is 134 cm³/mol. The Morgan fingerprint density at radius 3 is 2.32 bits per heavy atom. The third kappa shape index (κ3) is 7.36. The Kier molecular flexibility index (Phi) is 10.5. The van der Waals surface area contributed by atoms with Crippen LogP contribution < -0.4 is 14.8 Å². The van der Waals surface area contributed by atoms with E-state index in [1.807, 2.05) is 18.2 Å². The van der Waals surface area contributed by atoms with E-state index < -0.39 is 0 Å². The van der Waals surface area contributed by atoms with Crippen LogP contribution in [0.25, 0.3) is 0 Å². The second kappa shape index (κ2) is 13.6. The molecular weight excluding hydrogens is 430 g/mol. The first-order valence-electron chi connectivity index (χ1n) is 13.1. The molecule has 0 unspecified atom stereocenters. The van der Waals surface area contributed by atoms with E-state index in [0.29, 0.717) is 36.4 Å². The fourth-order valence-electron chi connectivity index (χ4n) is 5.20. The molecule has 0 saturated carbocycles. The normalized spacial score (nSPS) is 18.0. The molecule has 0 spiro atoms. The summed E-state index contributed by atoms with van der Waals surface area (Å²) in [6.07, 6.45) is 8.72. The number of piperidine rings is 2. The average molecular weight is 474 g/mol. The van der Waals surface area contributed by atoms with Crippen LogP contribution in [0.15, 0.2) is 18.2 Å². The first-order chi connectivity index (χ1) is 16.5. The lowest BCUT2D eigenvalue weighted by molar-refractivity contribution is -0.133. The number of amides is 2. The number of carbonyl (C=O) groups is 2. The minimum absolute atomic E-state index is 0.0990. The molecule has 2 aliphatic heterocycles. The molecule has 7 heteroatoms. The monoisotopic (exact) mass is 473 g/mol. The van der Waals surface area contributed by atoms with Gasteiger partial charge in [-0.2, -0.15) is 0 Å². The lowest BCUT2D eigenvalue weighted by Gasteiger charge is -2.41. The van der Waals surface area contributed by atoms with Crippen LogP contribution in [0.3, 0.4) is 0 Å². The van der Waals surface area contributed by atoms with Gasteiger partial charge in [0.05, 0.1) is 14.2 Å². The highest BCUT2D eigenvalue weighted by atomic mass is 16.5. The van der Waals surface area contributed by atoms with Gasteiger partial charge in [-0.3, -0.25) is 9.59 Å². The Morgan fingerprint density at radius 2 is 1.68 bits per heavy atom. The Labute approximate surface area is 205 Å². The zero-order valence-electron chi connectivity index (χ0n) is 21.3. The molecule has 2 heterocycles. The topological polar surface area (TPSA) is 71.1 Å². The largest absolute Gasteiger partial charge is 0.493 e. The van der Waals surface area contributed by atoms with Crippen molar-refractivity contribution in [1.82, 2.24) is 15.1 Å². The van der Waals surface area contributed by atoms with Crippen LogP contribution in [0.5, 0.6) is 11.5 Å². The number of likely N-dealkylation sites (tertiary alicyclic amines) is 2. The van der Waals surface area contributed by atoms with Crippen LogP contribution in [0, 0.1) is 5.92 Å². The number of unbranched alkanes of at least 4 members (excludes halogenated alkanes) is 2. The number of hydrogen-bond donors (Lipinski definition) is 1. The molecule has 0 atom stereocenters. The molecule has 2 amide bonds. The van der Waals surface area contributed by atoms with Crippen molar-refractivity contribution in [1.29, 1.82) is 0 Å². The second-order valence-corrected chi connectivity index (χ2v) is 9.61. The Balaban J connectivity index is 1.34. The van der Waals surface area contributed by atoms with Crippen LogP contribution in [0.1, 0.15) is 63.9 Å².